The Kier molecular flexibility index (Phi) is 9.45. The molecule has 0 aromatic heterocycles. The minimum atomic E-state index is -0.498. The standard InChI is InChI=1S/C32H29N3O6/c1-4-40-29-18-22(10-17-28(29)41-32(38)24-11-8-21(2)9-12-24)20-33-35-31(37)25-6-5-7-26(19-25)34-30(36)23-13-15-27(39-3)16-14-23/h5-20H,4H2,1-3H3,(H,34,36)(H,35,37). The van der Waals surface area contributed by atoms with Gasteiger partial charge in [0.1, 0.15) is 5.75 Å². The topological polar surface area (TPSA) is 115 Å². The van der Waals surface area contributed by atoms with Crippen LogP contribution in [0.1, 0.15) is 49.1 Å². The van der Waals surface area contributed by atoms with Crippen molar-refractivity contribution in [2.45, 2.75) is 13.8 Å². The van der Waals surface area contributed by atoms with Crippen LogP contribution in [-0.4, -0.2) is 37.7 Å². The monoisotopic (exact) mass is 551 g/mol. The highest BCUT2D eigenvalue weighted by atomic mass is 16.6. The molecule has 0 fully saturated rings. The Morgan fingerprint density at radius 2 is 1.54 bits per heavy atom. The van der Waals surface area contributed by atoms with Crippen LogP contribution in [0.4, 0.5) is 5.69 Å². The minimum absolute atomic E-state index is 0.270. The number of benzene rings is 4. The Hall–Kier alpha value is -5.44. The number of aryl methyl sites for hydroxylation is 1. The highest BCUT2D eigenvalue weighted by Gasteiger charge is 2.14. The zero-order valence-electron chi connectivity index (χ0n) is 22.8. The van der Waals surface area contributed by atoms with Crippen molar-refractivity contribution in [1.82, 2.24) is 5.43 Å². The Morgan fingerprint density at radius 3 is 2.24 bits per heavy atom. The van der Waals surface area contributed by atoms with Crippen LogP contribution in [0.5, 0.6) is 17.2 Å². The van der Waals surface area contributed by atoms with E-state index in [-0.39, 0.29) is 11.7 Å². The van der Waals surface area contributed by atoms with Crippen molar-refractivity contribution in [3.8, 4) is 17.2 Å². The van der Waals surface area contributed by atoms with Gasteiger partial charge in [-0.1, -0.05) is 23.8 Å². The third-order valence-electron chi connectivity index (χ3n) is 5.87. The third-order valence-corrected chi connectivity index (χ3v) is 5.87. The summed E-state index contributed by atoms with van der Waals surface area (Å²) in [6, 6.07) is 25.2. The lowest BCUT2D eigenvalue weighted by Gasteiger charge is -2.11. The summed E-state index contributed by atoms with van der Waals surface area (Å²) in [4.78, 5) is 37.8. The van der Waals surface area contributed by atoms with Gasteiger partial charge in [-0.25, -0.2) is 10.2 Å². The normalized spacial score (nSPS) is 10.6. The molecule has 208 valence electrons. The maximum absolute atomic E-state index is 12.7. The number of rotatable bonds is 10. The molecule has 0 atom stereocenters. The van der Waals surface area contributed by atoms with E-state index < -0.39 is 11.9 Å². The van der Waals surface area contributed by atoms with Gasteiger partial charge in [-0.3, -0.25) is 9.59 Å². The van der Waals surface area contributed by atoms with E-state index in [9.17, 15) is 14.4 Å². The summed E-state index contributed by atoms with van der Waals surface area (Å²) in [5, 5.41) is 6.81. The summed E-state index contributed by atoms with van der Waals surface area (Å²) in [7, 11) is 1.55. The second-order valence-corrected chi connectivity index (χ2v) is 8.86. The number of methoxy groups -OCH3 is 1. The minimum Gasteiger partial charge on any atom is -0.497 e. The molecule has 0 bridgehead atoms. The Balaban J connectivity index is 1.38. The summed E-state index contributed by atoms with van der Waals surface area (Å²) in [6.07, 6.45) is 1.45. The molecule has 0 spiro atoms. The molecule has 0 unspecified atom stereocenters. The van der Waals surface area contributed by atoms with Crippen LogP contribution >= 0.6 is 0 Å². The van der Waals surface area contributed by atoms with Crippen molar-refractivity contribution in [1.29, 1.82) is 0 Å². The number of carbonyl (C=O) groups excluding carboxylic acids is 3. The summed E-state index contributed by atoms with van der Waals surface area (Å²) >= 11 is 0. The highest BCUT2D eigenvalue weighted by molar-refractivity contribution is 6.05. The van der Waals surface area contributed by atoms with Crippen molar-refractivity contribution in [3.05, 3.63) is 119 Å². The van der Waals surface area contributed by atoms with Crippen molar-refractivity contribution in [2.75, 3.05) is 19.0 Å². The van der Waals surface area contributed by atoms with Gasteiger partial charge in [0, 0.05) is 16.8 Å². The molecule has 0 radical (unpaired) electrons. The molecule has 4 aromatic carbocycles. The zero-order chi connectivity index (χ0) is 29.2. The van der Waals surface area contributed by atoms with Crippen molar-refractivity contribution in [2.24, 2.45) is 5.10 Å². The predicted octanol–water partition coefficient (Wildman–Crippen LogP) is 5.64. The molecular weight excluding hydrogens is 522 g/mol. The molecule has 9 heteroatoms. The van der Waals surface area contributed by atoms with Crippen LogP contribution in [0.15, 0.2) is 96.1 Å². The largest absolute Gasteiger partial charge is 0.497 e. The molecule has 0 aliphatic heterocycles. The summed E-state index contributed by atoms with van der Waals surface area (Å²) in [5.41, 5.74) is 5.77. The van der Waals surface area contributed by atoms with Gasteiger partial charge in [0.25, 0.3) is 11.8 Å². The number of ether oxygens (including phenoxy) is 3. The predicted molar refractivity (Wildman–Crippen MR) is 156 cm³/mol. The van der Waals surface area contributed by atoms with Crippen LogP contribution < -0.4 is 25.0 Å². The highest BCUT2D eigenvalue weighted by Crippen LogP contribution is 2.29. The van der Waals surface area contributed by atoms with Gasteiger partial charge in [0.2, 0.25) is 0 Å². The molecule has 9 nitrogen and oxygen atoms in total. The smallest absolute Gasteiger partial charge is 0.343 e. The number of amides is 2. The van der Waals surface area contributed by atoms with Crippen LogP contribution in [0, 0.1) is 6.92 Å². The molecule has 0 heterocycles. The van der Waals surface area contributed by atoms with Crippen LogP contribution in [0.25, 0.3) is 0 Å². The molecule has 0 saturated carbocycles. The van der Waals surface area contributed by atoms with Crippen molar-refractivity contribution < 1.29 is 28.6 Å². The second kappa shape index (κ2) is 13.6. The van der Waals surface area contributed by atoms with E-state index >= 15 is 0 Å². The quantitative estimate of drug-likeness (QED) is 0.114. The van der Waals surface area contributed by atoms with E-state index in [1.54, 1.807) is 86.0 Å². The van der Waals surface area contributed by atoms with Crippen molar-refractivity contribution in [3.63, 3.8) is 0 Å². The second-order valence-electron chi connectivity index (χ2n) is 8.86. The number of hydrogen-bond donors (Lipinski definition) is 2. The number of anilines is 1. The Labute approximate surface area is 237 Å². The van der Waals surface area contributed by atoms with Gasteiger partial charge in [0.05, 0.1) is 25.5 Å². The van der Waals surface area contributed by atoms with Gasteiger partial charge in [-0.05, 0) is 92.2 Å². The number of nitrogens with zero attached hydrogens (tertiary/aromatic N) is 1. The molecule has 41 heavy (non-hydrogen) atoms. The average molecular weight is 552 g/mol. The Bertz CT molecular complexity index is 1560. The van der Waals surface area contributed by atoms with Gasteiger partial charge < -0.3 is 19.5 Å². The zero-order valence-corrected chi connectivity index (χ0v) is 22.8. The fraction of sp³-hybridized carbons (Fsp3) is 0.125. The summed E-state index contributed by atoms with van der Waals surface area (Å²) in [5.74, 6) is 0.00175. The lowest BCUT2D eigenvalue weighted by molar-refractivity contribution is 0.0728. The van der Waals surface area contributed by atoms with Crippen LogP contribution in [0.3, 0.4) is 0 Å². The molecule has 0 aliphatic rings. The summed E-state index contributed by atoms with van der Waals surface area (Å²) < 4.78 is 16.3. The van der Waals surface area contributed by atoms with Gasteiger partial charge in [-0.15, -0.1) is 0 Å². The van der Waals surface area contributed by atoms with Gasteiger partial charge >= 0.3 is 5.97 Å². The molecule has 0 aliphatic carbocycles. The van der Waals surface area contributed by atoms with E-state index in [2.05, 4.69) is 15.8 Å². The average Bonchev–Trinajstić information content (AvgIpc) is 2.99. The first-order valence-electron chi connectivity index (χ1n) is 12.8. The van der Waals surface area contributed by atoms with Crippen molar-refractivity contribution >= 4 is 29.7 Å². The van der Waals surface area contributed by atoms with E-state index in [4.69, 9.17) is 14.2 Å². The number of hydrazone groups is 1. The van der Waals surface area contributed by atoms with E-state index in [1.807, 2.05) is 26.0 Å². The Morgan fingerprint density at radius 1 is 0.805 bits per heavy atom. The number of carbonyl (C=O) groups is 3. The SMILES string of the molecule is CCOc1cc(C=NNC(=O)c2cccc(NC(=O)c3ccc(OC)cc3)c2)ccc1OC(=O)c1ccc(C)cc1. The fourth-order valence-corrected chi connectivity index (χ4v) is 3.72. The first kappa shape index (κ1) is 28.6. The first-order valence-corrected chi connectivity index (χ1v) is 12.8. The maximum Gasteiger partial charge on any atom is 0.343 e. The van der Waals surface area contributed by atoms with Crippen LogP contribution in [-0.2, 0) is 0 Å². The van der Waals surface area contributed by atoms with E-state index in [0.29, 0.717) is 46.0 Å². The number of nitrogens with one attached hydrogen (secondary N) is 2. The lowest BCUT2D eigenvalue weighted by atomic mass is 10.1. The fourth-order valence-electron chi connectivity index (χ4n) is 3.72. The molecule has 4 aromatic rings. The first-order chi connectivity index (χ1) is 19.9. The van der Waals surface area contributed by atoms with Gasteiger partial charge in [-0.2, -0.15) is 5.10 Å². The molecule has 0 saturated heterocycles. The van der Waals surface area contributed by atoms with E-state index in [0.717, 1.165) is 5.56 Å². The summed E-state index contributed by atoms with van der Waals surface area (Å²) in [6.45, 7) is 4.12. The molecule has 2 N–H and O–H groups in total. The number of esters is 1. The van der Waals surface area contributed by atoms with Gasteiger partial charge in [0.15, 0.2) is 11.5 Å². The lowest BCUT2D eigenvalue weighted by Crippen LogP contribution is -2.18. The molecule has 4 rings (SSSR count). The molecule has 2 amide bonds. The maximum atomic E-state index is 12.7. The number of hydrogen-bond acceptors (Lipinski definition) is 7. The van der Waals surface area contributed by atoms with Crippen LogP contribution in [0.2, 0.25) is 0 Å². The van der Waals surface area contributed by atoms with E-state index in [1.165, 1.54) is 6.21 Å². The third kappa shape index (κ3) is 7.79. The molecular formula is C32H29N3O6.